The normalized spacial score (nSPS) is 18.3. The lowest BCUT2D eigenvalue weighted by molar-refractivity contribution is -0.136. The molecule has 0 radical (unpaired) electrons. The highest BCUT2D eigenvalue weighted by Crippen LogP contribution is 2.42. The molecule has 0 aliphatic carbocycles. The van der Waals surface area contributed by atoms with Crippen LogP contribution in [0, 0.1) is 13.8 Å². The molecule has 3 N–H and O–H groups in total. The van der Waals surface area contributed by atoms with Gasteiger partial charge < -0.3 is 15.5 Å². The zero-order valence-electron chi connectivity index (χ0n) is 37.2. The van der Waals surface area contributed by atoms with Crippen molar-refractivity contribution in [3.8, 4) is 0 Å². The number of amidine groups is 1. The lowest BCUT2D eigenvalue weighted by Crippen LogP contribution is -2.52. The standard InChI is InChI=1S/C51H46Cl5N7O4S/c1-28-29(2)68-51-46(28)47(34-13-15-37(52)16-14-34)59-42(49-61-60-30(3)63(49)51)25-45(65)57-19-7-10-44(64)58-43(24-31-8-5-4-6-9-31)50(67)62-26-35(20-32-11-17-38(53)40(55)22-32)48(66)36(27-62)21-33-12-18-39(54)41(56)23-33/h4-6,8-9,11-18,20-23,42-43,49,61H,7,10,19,24-27H2,1-3H3,(H,57,65)(H,58,64)/b35-20+,36-21+/t42-,43-,49?/m0/s1. The largest absolute Gasteiger partial charge is 0.356 e. The summed E-state index contributed by atoms with van der Waals surface area (Å²) in [6.45, 7) is 6.28. The molecular formula is C51H46Cl5N7O4S. The maximum Gasteiger partial charge on any atom is 0.246 e. The molecule has 0 saturated carbocycles. The third-order valence-corrected chi connectivity index (χ3v) is 14.9. The average molecular weight is 1030 g/mol. The maximum absolute atomic E-state index is 14.7. The van der Waals surface area contributed by atoms with Gasteiger partial charge in [0, 0.05) is 64.6 Å². The molecule has 3 atom stereocenters. The minimum atomic E-state index is -0.976. The molecule has 17 heteroatoms. The number of piperidine rings is 1. The first-order valence-corrected chi connectivity index (χ1v) is 24.6. The van der Waals surface area contributed by atoms with E-state index in [1.807, 2.05) is 61.5 Å². The number of likely N-dealkylation sites (tertiary alicyclic amines) is 1. The van der Waals surface area contributed by atoms with Gasteiger partial charge in [0.1, 0.15) is 23.0 Å². The average Bonchev–Trinajstić information content (AvgIpc) is 3.80. The van der Waals surface area contributed by atoms with Gasteiger partial charge in [0.2, 0.25) is 17.7 Å². The van der Waals surface area contributed by atoms with E-state index in [1.54, 1.807) is 64.8 Å². The number of fused-ring (bicyclic) bond motifs is 3. The number of benzene rings is 4. The first-order valence-electron chi connectivity index (χ1n) is 21.9. The van der Waals surface area contributed by atoms with Crippen molar-refractivity contribution in [3.05, 3.63) is 166 Å². The minimum Gasteiger partial charge on any atom is -0.356 e. The molecule has 3 aliphatic heterocycles. The molecular weight excluding hydrogens is 984 g/mol. The van der Waals surface area contributed by atoms with Crippen LogP contribution >= 0.6 is 69.3 Å². The number of aliphatic imine (C=N–C) groups is 1. The van der Waals surface area contributed by atoms with Gasteiger partial charge in [-0.3, -0.25) is 34.5 Å². The zero-order valence-corrected chi connectivity index (χ0v) is 41.8. The fraction of sp³-hybridized carbons (Fsp3) is 0.255. The predicted molar refractivity (Wildman–Crippen MR) is 277 cm³/mol. The van der Waals surface area contributed by atoms with Crippen LogP contribution in [-0.2, 0) is 25.6 Å². The van der Waals surface area contributed by atoms with E-state index in [0.717, 1.165) is 38.8 Å². The van der Waals surface area contributed by atoms with Crippen LogP contribution in [-0.4, -0.2) is 77.8 Å². The summed E-state index contributed by atoms with van der Waals surface area (Å²) in [4.78, 5) is 66.2. The van der Waals surface area contributed by atoms with Gasteiger partial charge in [-0.1, -0.05) is 113 Å². The second kappa shape index (κ2) is 21.4. The summed E-state index contributed by atoms with van der Waals surface area (Å²) in [5.41, 5.74) is 9.78. The second-order valence-corrected chi connectivity index (χ2v) is 20.1. The Morgan fingerprint density at radius 3 is 2.07 bits per heavy atom. The summed E-state index contributed by atoms with van der Waals surface area (Å²) in [6.07, 6.45) is 3.58. The van der Waals surface area contributed by atoms with Crippen molar-refractivity contribution in [2.24, 2.45) is 10.1 Å². The number of hydrogen-bond donors (Lipinski definition) is 3. The Morgan fingerprint density at radius 2 is 1.46 bits per heavy atom. The van der Waals surface area contributed by atoms with Crippen LogP contribution in [0.4, 0.5) is 5.00 Å². The number of hydrogen-bond acceptors (Lipinski definition) is 9. The monoisotopic (exact) mass is 1030 g/mol. The van der Waals surface area contributed by atoms with E-state index in [1.165, 1.54) is 4.88 Å². The van der Waals surface area contributed by atoms with Crippen molar-refractivity contribution in [1.29, 1.82) is 0 Å². The van der Waals surface area contributed by atoms with Crippen LogP contribution in [0.15, 0.2) is 112 Å². The number of carbonyl (C=O) groups is 4. The highest BCUT2D eigenvalue weighted by Gasteiger charge is 2.41. The van der Waals surface area contributed by atoms with Gasteiger partial charge in [-0.2, -0.15) is 5.10 Å². The van der Waals surface area contributed by atoms with Gasteiger partial charge in [-0.25, -0.2) is 0 Å². The number of hydrazone groups is 1. The molecule has 11 nitrogen and oxygen atoms in total. The number of amides is 3. The molecule has 4 heterocycles. The fourth-order valence-corrected chi connectivity index (χ4v) is 10.4. The van der Waals surface area contributed by atoms with Crippen LogP contribution < -0.4 is 21.0 Å². The lowest BCUT2D eigenvalue weighted by atomic mass is 9.93. The van der Waals surface area contributed by atoms with Crippen molar-refractivity contribution in [1.82, 2.24) is 21.0 Å². The molecule has 350 valence electrons. The number of Topliss-reactive ketones (excluding diaryl/α,β-unsaturated/α-hetero) is 1. The number of thiophene rings is 1. The molecule has 1 fully saturated rings. The SMILES string of the molecule is CC1=NNC2[C@H](CC(=O)NCCCC(=O)N[C@@H](Cc3ccccc3)C(=O)N3C/C(=C\c4ccc(Cl)c(Cl)c4)C(=O)/C(=C/c4ccc(Cl)c(Cl)c4)C3)N=C(c3ccc(Cl)cc3)c3c(sc(C)c3C)N12. The molecule has 8 rings (SSSR count). The molecule has 5 aromatic rings. The summed E-state index contributed by atoms with van der Waals surface area (Å²) in [5, 5.41) is 13.5. The number of aryl methyl sites for hydroxylation is 1. The third kappa shape index (κ3) is 11.2. The number of carbonyl (C=O) groups excluding carboxylic acids is 4. The van der Waals surface area contributed by atoms with E-state index in [9.17, 15) is 19.2 Å². The Bertz CT molecular complexity index is 2840. The van der Waals surface area contributed by atoms with Crippen molar-refractivity contribution in [2.45, 2.75) is 64.7 Å². The summed E-state index contributed by atoms with van der Waals surface area (Å²) in [6, 6.07) is 25.5. The van der Waals surface area contributed by atoms with E-state index in [-0.39, 0.29) is 62.4 Å². The number of ketones is 1. The van der Waals surface area contributed by atoms with Gasteiger partial charge in [0.25, 0.3) is 0 Å². The smallest absolute Gasteiger partial charge is 0.246 e. The Kier molecular flexibility index (Phi) is 15.4. The number of halogens is 5. The van der Waals surface area contributed by atoms with Crippen molar-refractivity contribution < 1.29 is 19.2 Å². The van der Waals surface area contributed by atoms with Crippen molar-refractivity contribution in [2.75, 3.05) is 24.5 Å². The summed E-state index contributed by atoms with van der Waals surface area (Å²) in [7, 11) is 0. The van der Waals surface area contributed by atoms with E-state index in [2.05, 4.69) is 39.9 Å². The van der Waals surface area contributed by atoms with Crippen molar-refractivity contribution >= 4 is 122 Å². The first kappa shape index (κ1) is 49.0. The van der Waals surface area contributed by atoms with Gasteiger partial charge >= 0.3 is 0 Å². The Labute approximate surface area is 423 Å². The van der Waals surface area contributed by atoms with Crippen LogP contribution in [0.25, 0.3) is 12.2 Å². The van der Waals surface area contributed by atoms with Crippen LogP contribution in [0.2, 0.25) is 25.1 Å². The highest BCUT2D eigenvalue weighted by molar-refractivity contribution is 7.17. The topological polar surface area (TPSA) is 136 Å². The minimum absolute atomic E-state index is 0.0244. The molecule has 4 aromatic carbocycles. The fourth-order valence-electron chi connectivity index (χ4n) is 8.42. The Balaban J connectivity index is 0.963. The third-order valence-electron chi connectivity index (χ3n) is 12.0. The zero-order chi connectivity index (χ0) is 48.2. The molecule has 1 aromatic heterocycles. The molecule has 1 saturated heterocycles. The lowest BCUT2D eigenvalue weighted by Gasteiger charge is -2.33. The quantitative estimate of drug-likeness (QED) is 0.0794. The Hall–Kier alpha value is -5.47. The van der Waals surface area contributed by atoms with E-state index < -0.39 is 18.2 Å². The van der Waals surface area contributed by atoms with E-state index >= 15 is 0 Å². The van der Waals surface area contributed by atoms with Gasteiger partial charge in [0.05, 0.1) is 38.3 Å². The first-order chi connectivity index (χ1) is 32.6. The molecule has 0 spiro atoms. The Morgan fingerprint density at radius 1 is 0.824 bits per heavy atom. The summed E-state index contributed by atoms with van der Waals surface area (Å²) < 4.78 is 0. The molecule has 68 heavy (non-hydrogen) atoms. The molecule has 1 unspecified atom stereocenters. The molecule has 3 aliphatic rings. The van der Waals surface area contributed by atoms with Crippen molar-refractivity contribution in [3.63, 3.8) is 0 Å². The van der Waals surface area contributed by atoms with Gasteiger partial charge in [-0.05, 0) is 98.0 Å². The second-order valence-electron chi connectivity index (χ2n) is 16.8. The van der Waals surface area contributed by atoms with Crippen LogP contribution in [0.3, 0.4) is 0 Å². The summed E-state index contributed by atoms with van der Waals surface area (Å²) >= 11 is 33.0. The highest BCUT2D eigenvalue weighted by atomic mass is 35.5. The summed E-state index contributed by atoms with van der Waals surface area (Å²) in [5.74, 6) is -0.453. The van der Waals surface area contributed by atoms with Crippen LogP contribution in [0.5, 0.6) is 0 Å². The van der Waals surface area contributed by atoms with E-state index in [0.29, 0.717) is 53.8 Å². The van der Waals surface area contributed by atoms with Gasteiger partial charge in [0.15, 0.2) is 5.78 Å². The predicted octanol–water partition coefficient (Wildman–Crippen LogP) is 10.5. The van der Waals surface area contributed by atoms with E-state index in [4.69, 9.17) is 63.0 Å². The number of anilines is 1. The van der Waals surface area contributed by atoms with Gasteiger partial charge in [-0.15, -0.1) is 11.3 Å². The number of nitrogens with zero attached hydrogens (tertiary/aromatic N) is 4. The maximum atomic E-state index is 14.7. The number of nitrogens with one attached hydrogen (secondary N) is 3. The number of rotatable bonds is 13. The van der Waals surface area contributed by atoms with Crippen LogP contribution in [0.1, 0.15) is 64.4 Å². The molecule has 0 bridgehead atoms. The molecule has 3 amide bonds.